The molecule has 7 nitrogen and oxygen atoms in total. The van der Waals surface area contributed by atoms with E-state index in [1.807, 2.05) is 25.7 Å². The summed E-state index contributed by atoms with van der Waals surface area (Å²) in [6.07, 6.45) is 1.31. The molecule has 0 aliphatic carbocycles. The molecule has 0 aromatic rings. The highest BCUT2D eigenvalue weighted by Gasteiger charge is 2.27. The van der Waals surface area contributed by atoms with Gasteiger partial charge in [-0.3, -0.25) is 14.6 Å². The Morgan fingerprint density at radius 3 is 2.61 bits per heavy atom. The van der Waals surface area contributed by atoms with Crippen LogP contribution in [-0.4, -0.2) is 73.9 Å². The maximum absolute atomic E-state index is 12.0. The summed E-state index contributed by atoms with van der Waals surface area (Å²) >= 11 is 0. The Bertz CT molecular complexity index is 434. The van der Waals surface area contributed by atoms with Gasteiger partial charge in [0, 0.05) is 52.1 Å². The Labute approximate surface area is 139 Å². The number of hydrogen-bond donors (Lipinski definition) is 2. The summed E-state index contributed by atoms with van der Waals surface area (Å²) in [6.45, 7) is 8.56. The third-order valence-electron chi connectivity index (χ3n) is 3.77. The zero-order valence-corrected chi connectivity index (χ0v) is 15.1. The van der Waals surface area contributed by atoms with Crippen LogP contribution in [0.25, 0.3) is 0 Å². The summed E-state index contributed by atoms with van der Waals surface area (Å²) in [5.41, 5.74) is 0. The van der Waals surface area contributed by atoms with E-state index in [4.69, 9.17) is 0 Å². The van der Waals surface area contributed by atoms with Crippen molar-refractivity contribution in [1.82, 2.24) is 20.4 Å². The second kappa shape index (κ2) is 9.37. The summed E-state index contributed by atoms with van der Waals surface area (Å²) in [6, 6.07) is 0.208. The molecule has 1 heterocycles. The number of hydrogen-bond acceptors (Lipinski definition) is 3. The summed E-state index contributed by atoms with van der Waals surface area (Å²) in [7, 11) is 3.49. The largest absolute Gasteiger partial charge is 0.357 e. The predicted octanol–water partition coefficient (Wildman–Crippen LogP) is 0.277. The highest BCUT2D eigenvalue weighted by molar-refractivity contribution is 5.82. The van der Waals surface area contributed by atoms with Gasteiger partial charge in [0.2, 0.25) is 11.8 Å². The molecule has 0 bridgehead atoms. The fourth-order valence-electron chi connectivity index (χ4n) is 2.44. The lowest BCUT2D eigenvalue weighted by molar-refractivity contribution is -0.133. The van der Waals surface area contributed by atoms with Crippen LogP contribution in [0.15, 0.2) is 4.99 Å². The van der Waals surface area contributed by atoms with Crippen molar-refractivity contribution in [2.24, 2.45) is 10.9 Å². The van der Waals surface area contributed by atoms with Gasteiger partial charge in [-0.05, 0) is 13.3 Å². The van der Waals surface area contributed by atoms with Crippen molar-refractivity contribution in [2.45, 2.75) is 39.7 Å². The Morgan fingerprint density at radius 1 is 1.35 bits per heavy atom. The molecule has 0 radical (unpaired) electrons. The first-order valence-corrected chi connectivity index (χ1v) is 8.38. The van der Waals surface area contributed by atoms with E-state index in [1.165, 1.54) is 0 Å². The number of likely N-dealkylation sites (tertiary alicyclic amines) is 1. The Balaban J connectivity index is 2.50. The monoisotopic (exact) mass is 325 g/mol. The molecule has 0 aromatic heterocycles. The maximum Gasteiger partial charge on any atom is 0.225 e. The van der Waals surface area contributed by atoms with Gasteiger partial charge >= 0.3 is 0 Å². The van der Waals surface area contributed by atoms with E-state index in [-0.39, 0.29) is 23.8 Å². The third-order valence-corrected chi connectivity index (χ3v) is 3.77. The van der Waals surface area contributed by atoms with Crippen molar-refractivity contribution >= 4 is 17.8 Å². The minimum Gasteiger partial charge on any atom is -0.357 e. The van der Waals surface area contributed by atoms with Crippen molar-refractivity contribution in [3.63, 3.8) is 0 Å². The number of guanidine groups is 1. The normalized spacial score (nSPS) is 18.3. The zero-order valence-electron chi connectivity index (χ0n) is 15.1. The van der Waals surface area contributed by atoms with Crippen LogP contribution in [0.1, 0.15) is 33.6 Å². The lowest BCUT2D eigenvalue weighted by Crippen LogP contribution is -2.45. The molecule has 2 amide bonds. The highest BCUT2D eigenvalue weighted by Crippen LogP contribution is 2.12. The van der Waals surface area contributed by atoms with E-state index in [1.54, 1.807) is 19.0 Å². The molecule has 132 valence electrons. The van der Waals surface area contributed by atoms with Crippen molar-refractivity contribution < 1.29 is 9.59 Å². The van der Waals surface area contributed by atoms with Crippen LogP contribution in [-0.2, 0) is 9.59 Å². The van der Waals surface area contributed by atoms with Crippen LogP contribution < -0.4 is 10.6 Å². The minimum atomic E-state index is 0.0349. The quantitative estimate of drug-likeness (QED) is 0.543. The number of amides is 2. The smallest absolute Gasteiger partial charge is 0.225 e. The topological polar surface area (TPSA) is 77.0 Å². The van der Waals surface area contributed by atoms with E-state index in [0.717, 1.165) is 19.5 Å². The van der Waals surface area contributed by atoms with Gasteiger partial charge in [-0.1, -0.05) is 13.8 Å². The lowest BCUT2D eigenvalue weighted by atomic mass is 10.2. The van der Waals surface area contributed by atoms with Gasteiger partial charge in [-0.25, -0.2) is 0 Å². The van der Waals surface area contributed by atoms with Gasteiger partial charge in [0.05, 0.1) is 6.54 Å². The molecule has 1 unspecified atom stereocenters. The first kappa shape index (κ1) is 19.3. The molecule has 0 saturated carbocycles. The summed E-state index contributed by atoms with van der Waals surface area (Å²) in [5, 5.41) is 6.55. The lowest BCUT2D eigenvalue weighted by Gasteiger charge is -2.20. The molecule has 1 rings (SSSR count). The molecule has 1 fully saturated rings. The van der Waals surface area contributed by atoms with Gasteiger partial charge in [0.15, 0.2) is 5.96 Å². The number of rotatable bonds is 6. The van der Waals surface area contributed by atoms with Crippen molar-refractivity contribution in [3.8, 4) is 0 Å². The van der Waals surface area contributed by atoms with Gasteiger partial charge in [-0.15, -0.1) is 0 Å². The Kier molecular flexibility index (Phi) is 7.85. The van der Waals surface area contributed by atoms with Crippen LogP contribution in [0, 0.1) is 5.92 Å². The Hall–Kier alpha value is -1.79. The average Bonchev–Trinajstić information content (AvgIpc) is 2.94. The molecule has 23 heavy (non-hydrogen) atoms. The first-order chi connectivity index (χ1) is 10.8. The summed E-state index contributed by atoms with van der Waals surface area (Å²) in [4.78, 5) is 31.5. The van der Waals surface area contributed by atoms with Crippen LogP contribution in [0.3, 0.4) is 0 Å². The van der Waals surface area contributed by atoms with E-state index < -0.39 is 0 Å². The first-order valence-electron chi connectivity index (χ1n) is 8.38. The van der Waals surface area contributed by atoms with Crippen molar-refractivity contribution in [2.75, 3.05) is 40.3 Å². The number of nitrogens with one attached hydrogen (secondary N) is 2. The standard InChI is InChI=1S/C16H31N5O2/c1-6-17-16(18-9-7-14(22)20(4)5)19-13-8-10-21(11-13)15(23)12(2)3/h12-13H,6-11H2,1-5H3,(H2,17,18,19). The van der Waals surface area contributed by atoms with E-state index in [0.29, 0.717) is 25.5 Å². The Morgan fingerprint density at radius 2 is 2.04 bits per heavy atom. The van der Waals surface area contributed by atoms with Crippen LogP contribution >= 0.6 is 0 Å². The van der Waals surface area contributed by atoms with Crippen molar-refractivity contribution in [3.05, 3.63) is 0 Å². The van der Waals surface area contributed by atoms with Crippen LogP contribution in [0.2, 0.25) is 0 Å². The molecule has 7 heteroatoms. The summed E-state index contributed by atoms with van der Waals surface area (Å²) in [5.74, 6) is 1.02. The second-order valence-corrected chi connectivity index (χ2v) is 6.37. The second-order valence-electron chi connectivity index (χ2n) is 6.37. The van der Waals surface area contributed by atoms with E-state index in [9.17, 15) is 9.59 Å². The minimum absolute atomic E-state index is 0.0349. The SMILES string of the molecule is CCNC(=NCCC(=O)N(C)C)NC1CCN(C(=O)C(C)C)C1. The molecule has 0 spiro atoms. The highest BCUT2D eigenvalue weighted by atomic mass is 16.2. The van der Waals surface area contributed by atoms with E-state index >= 15 is 0 Å². The molecular formula is C16H31N5O2. The number of carbonyl (C=O) groups excluding carboxylic acids is 2. The number of nitrogens with zero attached hydrogens (tertiary/aromatic N) is 3. The van der Waals surface area contributed by atoms with Gasteiger partial charge in [0.1, 0.15) is 0 Å². The van der Waals surface area contributed by atoms with Gasteiger partial charge in [0.25, 0.3) is 0 Å². The fourth-order valence-corrected chi connectivity index (χ4v) is 2.44. The number of aliphatic imine (C=N–C) groups is 1. The molecule has 1 saturated heterocycles. The molecule has 1 aliphatic rings. The fraction of sp³-hybridized carbons (Fsp3) is 0.812. The molecule has 1 atom stereocenters. The van der Waals surface area contributed by atoms with Crippen molar-refractivity contribution in [1.29, 1.82) is 0 Å². The zero-order chi connectivity index (χ0) is 17.4. The molecule has 2 N–H and O–H groups in total. The number of carbonyl (C=O) groups is 2. The van der Waals surface area contributed by atoms with Crippen LogP contribution in [0.5, 0.6) is 0 Å². The average molecular weight is 325 g/mol. The van der Waals surface area contributed by atoms with Crippen LogP contribution in [0.4, 0.5) is 0 Å². The third kappa shape index (κ3) is 6.46. The predicted molar refractivity (Wildman–Crippen MR) is 92.2 cm³/mol. The maximum atomic E-state index is 12.0. The summed E-state index contributed by atoms with van der Waals surface area (Å²) < 4.78 is 0. The molecule has 1 aliphatic heterocycles. The van der Waals surface area contributed by atoms with E-state index in [2.05, 4.69) is 15.6 Å². The van der Waals surface area contributed by atoms with Gasteiger partial charge in [-0.2, -0.15) is 0 Å². The van der Waals surface area contributed by atoms with Gasteiger partial charge < -0.3 is 20.4 Å². The molecular weight excluding hydrogens is 294 g/mol. The molecule has 0 aromatic carbocycles.